The maximum absolute atomic E-state index is 11.8. The Bertz CT molecular complexity index is 509. The highest BCUT2D eigenvalue weighted by Gasteiger charge is 2.03. The van der Waals surface area contributed by atoms with E-state index in [4.69, 9.17) is 0 Å². The number of benzene rings is 2. The second-order valence-corrected chi connectivity index (χ2v) is 3.76. The molecule has 0 aliphatic heterocycles. The lowest BCUT2D eigenvalue weighted by Gasteiger charge is -2.10. The molecule has 0 saturated carbocycles. The van der Waals surface area contributed by atoms with Gasteiger partial charge >= 0.3 is 0 Å². The van der Waals surface area contributed by atoms with Crippen molar-refractivity contribution in [3.63, 3.8) is 0 Å². The van der Waals surface area contributed by atoms with Gasteiger partial charge in [0.2, 0.25) is 0 Å². The summed E-state index contributed by atoms with van der Waals surface area (Å²) < 4.78 is 0. The third-order valence-electron chi connectivity index (χ3n) is 2.49. The van der Waals surface area contributed by atoms with E-state index in [1.807, 2.05) is 49.4 Å². The molecule has 86 valence electrons. The number of hydrogen-bond acceptors (Lipinski definition) is 2. The molecule has 0 unspecified atom stereocenters. The van der Waals surface area contributed by atoms with Crippen LogP contribution in [0.2, 0.25) is 0 Å². The lowest BCUT2D eigenvalue weighted by molar-refractivity contribution is 0.0962. The van der Waals surface area contributed by atoms with E-state index in [1.165, 1.54) is 0 Å². The van der Waals surface area contributed by atoms with Gasteiger partial charge in [0.25, 0.3) is 5.91 Å². The van der Waals surface area contributed by atoms with Gasteiger partial charge < -0.3 is 0 Å². The summed E-state index contributed by atoms with van der Waals surface area (Å²) in [6, 6.07) is 16.9. The molecule has 2 aromatic carbocycles. The van der Waals surface area contributed by atoms with Crippen molar-refractivity contribution in [1.29, 1.82) is 0 Å². The molecule has 3 heteroatoms. The van der Waals surface area contributed by atoms with Gasteiger partial charge in [0, 0.05) is 5.56 Å². The van der Waals surface area contributed by atoms with E-state index in [-0.39, 0.29) is 5.91 Å². The Kier molecular flexibility index (Phi) is 3.40. The number of amides is 1. The first-order valence-electron chi connectivity index (χ1n) is 5.44. The maximum Gasteiger partial charge on any atom is 0.269 e. The van der Waals surface area contributed by atoms with Crippen molar-refractivity contribution in [3.8, 4) is 0 Å². The van der Waals surface area contributed by atoms with Crippen LogP contribution in [0.4, 0.5) is 5.69 Å². The first kappa shape index (κ1) is 11.2. The zero-order valence-electron chi connectivity index (χ0n) is 9.60. The SMILES string of the molecule is Cc1ccccc1NNC(=O)c1ccccc1. The molecule has 2 rings (SSSR count). The van der Waals surface area contributed by atoms with Crippen molar-refractivity contribution >= 4 is 11.6 Å². The molecule has 17 heavy (non-hydrogen) atoms. The Labute approximate surface area is 100 Å². The minimum Gasteiger partial charge on any atom is -0.298 e. The number of carbonyl (C=O) groups excluding carboxylic acids is 1. The number of anilines is 1. The molecule has 0 saturated heterocycles. The van der Waals surface area contributed by atoms with Crippen molar-refractivity contribution in [2.45, 2.75) is 6.92 Å². The summed E-state index contributed by atoms with van der Waals surface area (Å²) in [7, 11) is 0. The van der Waals surface area contributed by atoms with E-state index in [9.17, 15) is 4.79 Å². The third kappa shape index (κ3) is 2.84. The van der Waals surface area contributed by atoms with E-state index in [1.54, 1.807) is 12.1 Å². The van der Waals surface area contributed by atoms with Gasteiger partial charge in [-0.05, 0) is 30.7 Å². The Balaban J connectivity index is 2.00. The van der Waals surface area contributed by atoms with Crippen LogP contribution in [0.5, 0.6) is 0 Å². The molecule has 0 radical (unpaired) electrons. The minimum absolute atomic E-state index is 0.145. The molecule has 2 aromatic rings. The molecule has 0 bridgehead atoms. The summed E-state index contributed by atoms with van der Waals surface area (Å²) in [5.41, 5.74) is 8.20. The normalized spacial score (nSPS) is 9.71. The first-order chi connectivity index (χ1) is 8.27. The molecule has 0 aromatic heterocycles. The minimum atomic E-state index is -0.145. The van der Waals surface area contributed by atoms with Crippen LogP contribution in [-0.4, -0.2) is 5.91 Å². The van der Waals surface area contributed by atoms with Crippen molar-refractivity contribution in [1.82, 2.24) is 5.43 Å². The summed E-state index contributed by atoms with van der Waals surface area (Å²) >= 11 is 0. The molecule has 1 amide bonds. The second-order valence-electron chi connectivity index (χ2n) is 3.76. The fourth-order valence-corrected chi connectivity index (χ4v) is 1.50. The molecule has 0 atom stereocenters. The lowest BCUT2D eigenvalue weighted by Crippen LogP contribution is -2.29. The Hall–Kier alpha value is -2.29. The van der Waals surface area contributed by atoms with E-state index in [0.717, 1.165) is 11.3 Å². The number of hydrazine groups is 1. The highest BCUT2D eigenvalue weighted by atomic mass is 16.2. The third-order valence-corrected chi connectivity index (χ3v) is 2.49. The van der Waals surface area contributed by atoms with Gasteiger partial charge in [-0.15, -0.1) is 0 Å². The Morgan fingerprint density at radius 3 is 2.29 bits per heavy atom. The van der Waals surface area contributed by atoms with Crippen molar-refractivity contribution in [2.75, 3.05) is 5.43 Å². The maximum atomic E-state index is 11.8. The fourth-order valence-electron chi connectivity index (χ4n) is 1.50. The van der Waals surface area contributed by atoms with Crippen molar-refractivity contribution in [2.24, 2.45) is 0 Å². The average molecular weight is 226 g/mol. The van der Waals surface area contributed by atoms with Crippen LogP contribution in [-0.2, 0) is 0 Å². The van der Waals surface area contributed by atoms with Crippen LogP contribution in [0.1, 0.15) is 15.9 Å². The zero-order chi connectivity index (χ0) is 12.1. The van der Waals surface area contributed by atoms with Crippen molar-refractivity contribution < 1.29 is 4.79 Å². The van der Waals surface area contributed by atoms with Gasteiger partial charge in [-0.3, -0.25) is 15.6 Å². The number of para-hydroxylation sites is 1. The van der Waals surface area contributed by atoms with Crippen LogP contribution in [0.15, 0.2) is 54.6 Å². The number of nitrogens with one attached hydrogen (secondary N) is 2. The number of carbonyl (C=O) groups is 1. The summed E-state index contributed by atoms with van der Waals surface area (Å²) in [5, 5.41) is 0. The van der Waals surface area contributed by atoms with Crippen molar-refractivity contribution in [3.05, 3.63) is 65.7 Å². The van der Waals surface area contributed by atoms with Gasteiger partial charge in [0.15, 0.2) is 0 Å². The van der Waals surface area contributed by atoms with Crippen LogP contribution in [0.3, 0.4) is 0 Å². The van der Waals surface area contributed by atoms with Gasteiger partial charge in [-0.2, -0.15) is 0 Å². The summed E-state index contributed by atoms with van der Waals surface area (Å²) in [5.74, 6) is -0.145. The van der Waals surface area contributed by atoms with Crippen LogP contribution in [0, 0.1) is 6.92 Å². The van der Waals surface area contributed by atoms with Gasteiger partial charge in [-0.25, -0.2) is 0 Å². The number of hydrogen-bond donors (Lipinski definition) is 2. The van der Waals surface area contributed by atoms with Crippen LogP contribution < -0.4 is 10.9 Å². The van der Waals surface area contributed by atoms with Gasteiger partial charge in [0.1, 0.15) is 0 Å². The predicted octanol–water partition coefficient (Wildman–Crippen LogP) is 2.75. The molecular formula is C14H14N2O. The molecular weight excluding hydrogens is 212 g/mol. The molecule has 0 fully saturated rings. The molecule has 0 aliphatic rings. The standard InChI is InChI=1S/C14H14N2O/c1-11-7-5-6-10-13(11)15-16-14(17)12-8-3-2-4-9-12/h2-10,15H,1H3,(H,16,17). The van der Waals surface area contributed by atoms with E-state index < -0.39 is 0 Å². The topological polar surface area (TPSA) is 41.1 Å². The fraction of sp³-hybridized carbons (Fsp3) is 0.0714. The van der Waals surface area contributed by atoms with Crippen LogP contribution in [0.25, 0.3) is 0 Å². The highest BCUT2D eigenvalue weighted by molar-refractivity contribution is 5.94. The van der Waals surface area contributed by atoms with E-state index in [0.29, 0.717) is 5.56 Å². The summed E-state index contributed by atoms with van der Waals surface area (Å²) in [6.07, 6.45) is 0. The van der Waals surface area contributed by atoms with Gasteiger partial charge in [-0.1, -0.05) is 36.4 Å². The molecule has 3 nitrogen and oxygen atoms in total. The average Bonchev–Trinajstić information content (AvgIpc) is 2.38. The molecule has 0 aliphatic carbocycles. The van der Waals surface area contributed by atoms with Gasteiger partial charge in [0.05, 0.1) is 5.69 Å². The summed E-state index contributed by atoms with van der Waals surface area (Å²) in [4.78, 5) is 11.8. The lowest BCUT2D eigenvalue weighted by atomic mass is 10.2. The second kappa shape index (κ2) is 5.16. The molecule has 0 heterocycles. The number of rotatable bonds is 3. The molecule has 0 spiro atoms. The zero-order valence-corrected chi connectivity index (χ0v) is 9.60. The first-order valence-corrected chi connectivity index (χ1v) is 5.44. The van der Waals surface area contributed by atoms with E-state index >= 15 is 0 Å². The molecule has 2 N–H and O–H groups in total. The Morgan fingerprint density at radius 1 is 0.941 bits per heavy atom. The van der Waals surface area contributed by atoms with E-state index in [2.05, 4.69) is 10.9 Å². The predicted molar refractivity (Wildman–Crippen MR) is 68.7 cm³/mol. The smallest absolute Gasteiger partial charge is 0.269 e. The van der Waals surface area contributed by atoms with Crippen LogP contribution >= 0.6 is 0 Å². The largest absolute Gasteiger partial charge is 0.298 e. The monoisotopic (exact) mass is 226 g/mol. The summed E-state index contributed by atoms with van der Waals surface area (Å²) in [6.45, 7) is 1.98. The number of aryl methyl sites for hydroxylation is 1. The quantitative estimate of drug-likeness (QED) is 0.790. The highest BCUT2D eigenvalue weighted by Crippen LogP contribution is 2.11. The Morgan fingerprint density at radius 2 is 1.59 bits per heavy atom.